The summed E-state index contributed by atoms with van der Waals surface area (Å²) < 4.78 is 0. The lowest BCUT2D eigenvalue weighted by molar-refractivity contribution is -0.132. The summed E-state index contributed by atoms with van der Waals surface area (Å²) in [6, 6.07) is 0.592. The van der Waals surface area contributed by atoms with Crippen LogP contribution in [-0.4, -0.2) is 29.6 Å². The van der Waals surface area contributed by atoms with E-state index in [2.05, 4.69) is 24.1 Å². The third kappa shape index (κ3) is 2.10. The van der Waals surface area contributed by atoms with Gasteiger partial charge in [0.1, 0.15) is 0 Å². The number of hydrogen-bond acceptors (Lipinski definition) is 2. The fourth-order valence-electron chi connectivity index (χ4n) is 3.25. The zero-order valence-corrected chi connectivity index (χ0v) is 10.5. The molecule has 2 fully saturated rings. The molecule has 1 N–H and O–H groups in total. The monoisotopic (exact) mass is 224 g/mol. The van der Waals surface area contributed by atoms with Gasteiger partial charge in [-0.3, -0.25) is 10.1 Å². The van der Waals surface area contributed by atoms with Crippen LogP contribution >= 0.6 is 0 Å². The van der Waals surface area contributed by atoms with Crippen LogP contribution in [0, 0.1) is 5.92 Å². The second-order valence-electron chi connectivity index (χ2n) is 5.15. The fraction of sp³-hybridized carbons (Fsp3) is 0.923. The molecular formula is C13H24N2O. The van der Waals surface area contributed by atoms with Crippen molar-refractivity contribution in [1.29, 1.82) is 0 Å². The van der Waals surface area contributed by atoms with Gasteiger partial charge in [0.25, 0.3) is 0 Å². The molecule has 3 atom stereocenters. The molecule has 1 heterocycles. The number of hydrogen-bond donors (Lipinski definition) is 1. The van der Waals surface area contributed by atoms with Gasteiger partial charge in [0, 0.05) is 6.04 Å². The van der Waals surface area contributed by atoms with Gasteiger partial charge in [0.05, 0.1) is 12.7 Å². The Balaban J connectivity index is 2.03. The predicted molar refractivity (Wildman–Crippen MR) is 65.0 cm³/mol. The lowest BCUT2D eigenvalue weighted by atomic mass is 9.82. The van der Waals surface area contributed by atoms with Crippen molar-refractivity contribution < 1.29 is 4.79 Å². The summed E-state index contributed by atoms with van der Waals surface area (Å²) in [6.07, 6.45) is 7.29. The van der Waals surface area contributed by atoms with Gasteiger partial charge in [-0.2, -0.15) is 0 Å². The molecular weight excluding hydrogens is 200 g/mol. The van der Waals surface area contributed by atoms with Gasteiger partial charge in [-0.15, -0.1) is 0 Å². The van der Waals surface area contributed by atoms with Crippen LogP contribution < -0.4 is 5.32 Å². The maximum atomic E-state index is 12.2. The molecule has 16 heavy (non-hydrogen) atoms. The fourth-order valence-corrected chi connectivity index (χ4v) is 3.25. The van der Waals surface area contributed by atoms with E-state index in [1.54, 1.807) is 0 Å². The number of nitrogens with zero attached hydrogens (tertiary/aromatic N) is 1. The normalized spacial score (nSPS) is 35.8. The molecule has 1 saturated carbocycles. The average Bonchev–Trinajstić information content (AvgIpc) is 2.70. The van der Waals surface area contributed by atoms with E-state index in [-0.39, 0.29) is 6.04 Å². The molecule has 2 rings (SSSR count). The van der Waals surface area contributed by atoms with Crippen molar-refractivity contribution in [3.05, 3.63) is 0 Å². The van der Waals surface area contributed by atoms with Gasteiger partial charge in [0.2, 0.25) is 5.91 Å². The summed E-state index contributed by atoms with van der Waals surface area (Å²) >= 11 is 0. The van der Waals surface area contributed by atoms with Crippen molar-refractivity contribution in [3.63, 3.8) is 0 Å². The van der Waals surface area contributed by atoms with E-state index >= 15 is 0 Å². The number of carbonyl (C=O) groups is 1. The minimum Gasteiger partial charge on any atom is -0.325 e. The van der Waals surface area contributed by atoms with Gasteiger partial charge in [-0.25, -0.2) is 0 Å². The van der Waals surface area contributed by atoms with Crippen LogP contribution in [-0.2, 0) is 4.79 Å². The molecule has 3 nitrogen and oxygen atoms in total. The highest BCUT2D eigenvalue weighted by Crippen LogP contribution is 2.31. The summed E-state index contributed by atoms with van der Waals surface area (Å²) in [5, 5.41) is 3.32. The highest BCUT2D eigenvalue weighted by atomic mass is 16.2. The van der Waals surface area contributed by atoms with Gasteiger partial charge in [-0.1, -0.05) is 33.1 Å². The Bertz CT molecular complexity index is 254. The third-order valence-electron chi connectivity index (χ3n) is 4.29. The van der Waals surface area contributed by atoms with Crippen molar-refractivity contribution in [3.8, 4) is 0 Å². The molecule has 0 bridgehead atoms. The molecule has 3 heteroatoms. The molecule has 1 amide bonds. The van der Waals surface area contributed by atoms with Crippen LogP contribution in [0.15, 0.2) is 0 Å². The maximum Gasteiger partial charge on any atom is 0.241 e. The molecule has 0 radical (unpaired) electrons. The van der Waals surface area contributed by atoms with Crippen LogP contribution in [0.2, 0.25) is 0 Å². The highest BCUT2D eigenvalue weighted by molar-refractivity contribution is 5.84. The van der Waals surface area contributed by atoms with Gasteiger partial charge >= 0.3 is 0 Å². The summed E-state index contributed by atoms with van der Waals surface area (Å²) in [6.45, 7) is 5.12. The Morgan fingerprint density at radius 1 is 1.25 bits per heavy atom. The van der Waals surface area contributed by atoms with Crippen molar-refractivity contribution in [2.24, 2.45) is 5.92 Å². The summed E-state index contributed by atoms with van der Waals surface area (Å²) in [7, 11) is 0. The van der Waals surface area contributed by atoms with E-state index in [1.165, 1.54) is 32.1 Å². The topological polar surface area (TPSA) is 32.3 Å². The lowest BCUT2D eigenvalue weighted by Gasteiger charge is -2.37. The van der Waals surface area contributed by atoms with Crippen LogP contribution in [0.3, 0.4) is 0 Å². The number of nitrogens with one attached hydrogen (secondary N) is 1. The second kappa shape index (κ2) is 5.17. The number of carbonyl (C=O) groups excluding carboxylic acids is 1. The quantitative estimate of drug-likeness (QED) is 0.796. The Hall–Kier alpha value is -0.570. The Labute approximate surface area is 98.6 Å². The van der Waals surface area contributed by atoms with Gasteiger partial charge < -0.3 is 4.90 Å². The Morgan fingerprint density at radius 2 is 2.00 bits per heavy atom. The van der Waals surface area contributed by atoms with E-state index in [4.69, 9.17) is 0 Å². The van der Waals surface area contributed by atoms with Crippen molar-refractivity contribution in [2.45, 2.75) is 64.5 Å². The largest absolute Gasteiger partial charge is 0.325 e. The summed E-state index contributed by atoms with van der Waals surface area (Å²) in [4.78, 5) is 14.3. The van der Waals surface area contributed by atoms with Gasteiger partial charge in [-0.05, 0) is 25.2 Å². The van der Waals surface area contributed by atoms with E-state index in [9.17, 15) is 4.79 Å². The molecule has 0 aromatic heterocycles. The first-order valence-corrected chi connectivity index (χ1v) is 6.81. The molecule has 1 aliphatic carbocycles. The summed E-state index contributed by atoms with van der Waals surface area (Å²) in [5.41, 5.74) is 0. The first-order valence-electron chi connectivity index (χ1n) is 6.81. The van der Waals surface area contributed by atoms with E-state index < -0.39 is 0 Å². The average molecular weight is 224 g/mol. The molecule has 0 aromatic rings. The first-order chi connectivity index (χ1) is 7.77. The molecule has 0 spiro atoms. The van der Waals surface area contributed by atoms with E-state index in [1.807, 2.05) is 0 Å². The minimum atomic E-state index is 0.0828. The zero-order chi connectivity index (χ0) is 11.5. The van der Waals surface area contributed by atoms with Crippen LogP contribution in [0.1, 0.15) is 52.4 Å². The highest BCUT2D eigenvalue weighted by Gasteiger charge is 2.38. The van der Waals surface area contributed by atoms with Crippen LogP contribution in [0.5, 0.6) is 0 Å². The number of amides is 1. The van der Waals surface area contributed by atoms with Crippen LogP contribution in [0.25, 0.3) is 0 Å². The maximum absolute atomic E-state index is 12.2. The van der Waals surface area contributed by atoms with E-state index in [0.717, 1.165) is 19.0 Å². The Morgan fingerprint density at radius 3 is 2.62 bits per heavy atom. The van der Waals surface area contributed by atoms with Crippen molar-refractivity contribution >= 4 is 5.91 Å². The zero-order valence-electron chi connectivity index (χ0n) is 10.5. The molecule has 0 aromatic carbocycles. The number of rotatable bonds is 3. The summed E-state index contributed by atoms with van der Waals surface area (Å²) in [5.74, 6) is 1.07. The van der Waals surface area contributed by atoms with Crippen molar-refractivity contribution in [2.75, 3.05) is 6.67 Å². The lowest BCUT2D eigenvalue weighted by Crippen LogP contribution is -2.44. The molecule has 2 aliphatic rings. The SMILES string of the molecule is CCC1NCN(C2CCCCC2CC)C1=O. The van der Waals surface area contributed by atoms with Crippen molar-refractivity contribution in [1.82, 2.24) is 10.2 Å². The molecule has 3 unspecified atom stereocenters. The van der Waals surface area contributed by atoms with Gasteiger partial charge in [0.15, 0.2) is 0 Å². The third-order valence-corrected chi connectivity index (χ3v) is 4.29. The smallest absolute Gasteiger partial charge is 0.241 e. The molecule has 92 valence electrons. The standard InChI is InChI=1S/C13H24N2O/c1-3-10-7-5-6-8-12(10)15-9-14-11(4-2)13(15)16/h10-12,14H,3-9H2,1-2H3. The second-order valence-corrected chi connectivity index (χ2v) is 5.15. The predicted octanol–water partition coefficient (Wildman–Crippen LogP) is 2.12. The first kappa shape index (κ1) is 11.9. The van der Waals surface area contributed by atoms with Crippen LogP contribution in [0.4, 0.5) is 0 Å². The minimum absolute atomic E-state index is 0.0828. The molecule has 1 saturated heterocycles. The van der Waals surface area contributed by atoms with E-state index in [0.29, 0.717) is 11.9 Å². The molecule has 1 aliphatic heterocycles. The Kier molecular flexibility index (Phi) is 3.85.